The molecule has 7 nitrogen and oxygen atoms in total. The predicted molar refractivity (Wildman–Crippen MR) is 130 cm³/mol. The Labute approximate surface area is 190 Å². The lowest BCUT2D eigenvalue weighted by molar-refractivity contribution is 0.223. The zero-order chi connectivity index (χ0) is 20.6. The van der Waals surface area contributed by atoms with Crippen LogP contribution in [0.2, 0.25) is 0 Å². The van der Waals surface area contributed by atoms with Crippen molar-refractivity contribution in [3.63, 3.8) is 0 Å². The first kappa shape index (κ1) is 25.0. The molecule has 2 aromatic rings. The molecule has 2 rings (SSSR count). The van der Waals surface area contributed by atoms with E-state index in [1.54, 1.807) is 19.2 Å². The lowest BCUT2D eigenvalue weighted by atomic mass is 10.2. The van der Waals surface area contributed by atoms with Crippen LogP contribution in [0.4, 0.5) is 5.69 Å². The summed E-state index contributed by atoms with van der Waals surface area (Å²) in [7, 11) is -1.66. The fourth-order valence-electron chi connectivity index (χ4n) is 2.58. The maximum absolute atomic E-state index is 11.5. The molecule has 0 aliphatic heterocycles. The van der Waals surface area contributed by atoms with Gasteiger partial charge in [-0.05, 0) is 43.2 Å². The molecule has 0 aliphatic carbocycles. The van der Waals surface area contributed by atoms with Gasteiger partial charge in [0.1, 0.15) is 11.9 Å². The molecule has 0 amide bonds. The van der Waals surface area contributed by atoms with Gasteiger partial charge >= 0.3 is 0 Å². The fourth-order valence-corrected chi connectivity index (χ4v) is 3.17. The van der Waals surface area contributed by atoms with Crippen LogP contribution >= 0.6 is 24.0 Å². The molecule has 1 unspecified atom stereocenters. The van der Waals surface area contributed by atoms with Crippen molar-refractivity contribution in [3.05, 3.63) is 59.7 Å². The number of para-hydroxylation sites is 1. The van der Waals surface area contributed by atoms with E-state index in [2.05, 4.69) is 20.3 Å². The van der Waals surface area contributed by atoms with Gasteiger partial charge in [0, 0.05) is 13.6 Å². The highest BCUT2D eigenvalue weighted by atomic mass is 127. The fraction of sp³-hybridized carbons (Fsp3) is 0.350. The van der Waals surface area contributed by atoms with E-state index >= 15 is 0 Å². The lowest BCUT2D eigenvalue weighted by Crippen LogP contribution is -2.41. The van der Waals surface area contributed by atoms with Crippen LogP contribution < -0.4 is 20.1 Å². The van der Waals surface area contributed by atoms with Crippen molar-refractivity contribution in [2.24, 2.45) is 4.99 Å². The summed E-state index contributed by atoms with van der Waals surface area (Å²) in [5.41, 5.74) is 2.51. The third kappa shape index (κ3) is 9.35. The van der Waals surface area contributed by atoms with Crippen molar-refractivity contribution in [2.75, 3.05) is 24.6 Å². The van der Waals surface area contributed by atoms with Gasteiger partial charge in [0.05, 0.1) is 18.5 Å². The van der Waals surface area contributed by atoms with Gasteiger partial charge in [0.25, 0.3) is 0 Å². The topological polar surface area (TPSA) is 91.8 Å². The molecule has 29 heavy (non-hydrogen) atoms. The molecule has 160 valence electrons. The van der Waals surface area contributed by atoms with E-state index in [9.17, 15) is 8.42 Å². The van der Waals surface area contributed by atoms with Crippen LogP contribution in [0.15, 0.2) is 53.5 Å². The predicted octanol–water partition coefficient (Wildman–Crippen LogP) is 3.12. The number of sulfonamides is 1. The van der Waals surface area contributed by atoms with Crippen LogP contribution in [0.3, 0.4) is 0 Å². The number of ether oxygens (including phenoxy) is 1. The Bertz CT molecular complexity index is 919. The molecule has 0 spiro atoms. The molecule has 0 aliphatic rings. The molecule has 3 N–H and O–H groups in total. The van der Waals surface area contributed by atoms with E-state index in [4.69, 9.17) is 4.74 Å². The second kappa shape index (κ2) is 11.9. The van der Waals surface area contributed by atoms with Gasteiger partial charge in [0.15, 0.2) is 5.96 Å². The molecule has 0 saturated heterocycles. The van der Waals surface area contributed by atoms with E-state index in [0.717, 1.165) is 23.1 Å². The van der Waals surface area contributed by atoms with Crippen molar-refractivity contribution in [2.45, 2.75) is 26.5 Å². The quantitative estimate of drug-likeness (QED) is 0.276. The van der Waals surface area contributed by atoms with E-state index in [-0.39, 0.29) is 30.1 Å². The number of benzene rings is 2. The summed E-state index contributed by atoms with van der Waals surface area (Å²) in [6, 6.07) is 15.2. The Morgan fingerprint density at radius 1 is 1.14 bits per heavy atom. The third-order valence-corrected chi connectivity index (χ3v) is 4.46. The summed E-state index contributed by atoms with van der Waals surface area (Å²) >= 11 is 0. The smallest absolute Gasteiger partial charge is 0.229 e. The van der Waals surface area contributed by atoms with Gasteiger partial charge in [-0.25, -0.2) is 8.42 Å². The van der Waals surface area contributed by atoms with Gasteiger partial charge in [-0.3, -0.25) is 9.71 Å². The number of rotatable bonds is 8. The Kier molecular flexibility index (Phi) is 10.2. The van der Waals surface area contributed by atoms with Gasteiger partial charge in [-0.15, -0.1) is 24.0 Å². The molecule has 0 aromatic heterocycles. The molecule has 0 heterocycles. The number of hydrogen-bond acceptors (Lipinski definition) is 4. The third-order valence-electron chi connectivity index (χ3n) is 3.87. The Morgan fingerprint density at radius 3 is 2.52 bits per heavy atom. The number of guanidine groups is 1. The highest BCUT2D eigenvalue weighted by Gasteiger charge is 2.09. The largest absolute Gasteiger partial charge is 0.489 e. The molecular formula is C20H29IN4O3S. The zero-order valence-electron chi connectivity index (χ0n) is 17.1. The Balaban J connectivity index is 0.00000420. The first-order chi connectivity index (χ1) is 13.3. The number of aryl methyl sites for hydroxylation is 1. The van der Waals surface area contributed by atoms with Crippen LogP contribution in [0.5, 0.6) is 5.75 Å². The summed E-state index contributed by atoms with van der Waals surface area (Å²) in [6.45, 7) is 4.99. The average Bonchev–Trinajstić information content (AvgIpc) is 2.62. The highest BCUT2D eigenvalue weighted by molar-refractivity contribution is 14.0. The summed E-state index contributed by atoms with van der Waals surface area (Å²) in [6.07, 6.45) is 1.08. The number of nitrogens with zero attached hydrogens (tertiary/aromatic N) is 1. The van der Waals surface area contributed by atoms with Gasteiger partial charge in [-0.1, -0.05) is 30.3 Å². The first-order valence-electron chi connectivity index (χ1n) is 9.00. The number of nitrogens with one attached hydrogen (secondary N) is 3. The van der Waals surface area contributed by atoms with Crippen molar-refractivity contribution in [3.8, 4) is 5.75 Å². The highest BCUT2D eigenvalue weighted by Crippen LogP contribution is 2.16. The average molecular weight is 532 g/mol. The number of hydrogen-bond donors (Lipinski definition) is 3. The molecule has 2 aromatic carbocycles. The van der Waals surface area contributed by atoms with Crippen LogP contribution in [0.25, 0.3) is 0 Å². The van der Waals surface area contributed by atoms with Gasteiger partial charge in [-0.2, -0.15) is 0 Å². The second-order valence-corrected chi connectivity index (χ2v) is 8.33. The maximum Gasteiger partial charge on any atom is 0.229 e. The minimum absolute atomic E-state index is 0. The summed E-state index contributed by atoms with van der Waals surface area (Å²) in [4.78, 5) is 4.20. The summed E-state index contributed by atoms with van der Waals surface area (Å²) in [5, 5.41) is 6.41. The number of halogens is 1. The summed E-state index contributed by atoms with van der Waals surface area (Å²) in [5.74, 6) is 1.44. The molecule has 9 heteroatoms. The minimum atomic E-state index is -3.34. The van der Waals surface area contributed by atoms with Gasteiger partial charge in [0.2, 0.25) is 10.0 Å². The lowest BCUT2D eigenvalue weighted by Gasteiger charge is -2.18. The zero-order valence-corrected chi connectivity index (χ0v) is 20.2. The van der Waals surface area contributed by atoms with Crippen molar-refractivity contribution < 1.29 is 13.2 Å². The van der Waals surface area contributed by atoms with E-state index in [1.165, 1.54) is 0 Å². The molecule has 0 radical (unpaired) electrons. The SMILES string of the molecule is CN=C(NCc1ccccc1NS(C)(=O)=O)NCC(C)Oc1cccc(C)c1.I. The summed E-state index contributed by atoms with van der Waals surface area (Å²) < 4.78 is 31.5. The molecular weight excluding hydrogens is 503 g/mol. The normalized spacial score (nSPS) is 12.5. The van der Waals surface area contributed by atoms with Crippen LogP contribution in [-0.2, 0) is 16.6 Å². The van der Waals surface area contributed by atoms with Crippen LogP contribution in [-0.4, -0.2) is 40.3 Å². The molecule has 0 bridgehead atoms. The number of anilines is 1. The van der Waals surface area contributed by atoms with E-state index in [0.29, 0.717) is 24.7 Å². The van der Waals surface area contributed by atoms with E-state index in [1.807, 2.05) is 50.2 Å². The Morgan fingerprint density at radius 2 is 1.86 bits per heavy atom. The number of aliphatic imine (C=N–C) groups is 1. The van der Waals surface area contributed by atoms with E-state index < -0.39 is 10.0 Å². The maximum atomic E-state index is 11.5. The first-order valence-corrected chi connectivity index (χ1v) is 10.9. The minimum Gasteiger partial charge on any atom is -0.489 e. The Hall–Kier alpha value is -2.01. The monoisotopic (exact) mass is 532 g/mol. The molecule has 0 saturated carbocycles. The standard InChI is InChI=1S/C20H28N4O3S.HI/c1-15-8-7-10-18(12-15)27-16(2)13-22-20(21-3)23-14-17-9-5-6-11-19(17)24-28(4,25)26;/h5-12,16,24H,13-14H2,1-4H3,(H2,21,22,23);1H. The second-order valence-electron chi connectivity index (χ2n) is 6.58. The van der Waals surface area contributed by atoms with Crippen molar-refractivity contribution >= 4 is 45.6 Å². The van der Waals surface area contributed by atoms with Crippen molar-refractivity contribution in [1.82, 2.24) is 10.6 Å². The molecule has 0 fully saturated rings. The van der Waals surface area contributed by atoms with Crippen LogP contribution in [0.1, 0.15) is 18.1 Å². The van der Waals surface area contributed by atoms with Crippen molar-refractivity contribution in [1.29, 1.82) is 0 Å². The van der Waals surface area contributed by atoms with Crippen LogP contribution in [0, 0.1) is 6.92 Å². The van der Waals surface area contributed by atoms with Gasteiger partial charge < -0.3 is 15.4 Å². The molecule has 1 atom stereocenters.